The fourth-order valence-corrected chi connectivity index (χ4v) is 4.45. The van der Waals surface area contributed by atoms with Gasteiger partial charge in [0.05, 0.1) is 5.92 Å². The van der Waals surface area contributed by atoms with E-state index in [1.165, 1.54) is 24.8 Å². The van der Waals surface area contributed by atoms with Crippen molar-refractivity contribution in [3.05, 3.63) is 11.6 Å². The number of nitrogens with zero attached hydrogens (tertiary/aromatic N) is 1. The zero-order valence-corrected chi connectivity index (χ0v) is 13.9. The minimum atomic E-state index is 0.0498. The average molecular weight is 291 g/mol. The molecule has 3 aliphatic rings. The molecule has 0 aromatic rings. The summed E-state index contributed by atoms with van der Waals surface area (Å²) in [5.74, 6) is 1.13. The van der Waals surface area contributed by atoms with Gasteiger partial charge < -0.3 is 9.64 Å². The smallest absolute Gasteiger partial charge is 0.310 e. The molecule has 0 radical (unpaired) electrons. The van der Waals surface area contributed by atoms with E-state index in [-0.39, 0.29) is 18.0 Å². The number of fused-ring (bicyclic) bond motifs is 3. The van der Waals surface area contributed by atoms with E-state index in [0.717, 1.165) is 19.4 Å². The Morgan fingerprint density at radius 3 is 2.90 bits per heavy atom. The van der Waals surface area contributed by atoms with Crippen molar-refractivity contribution in [1.82, 2.24) is 4.90 Å². The highest BCUT2D eigenvalue weighted by Crippen LogP contribution is 2.61. The third kappa shape index (κ3) is 2.90. The van der Waals surface area contributed by atoms with Crippen LogP contribution in [0.3, 0.4) is 0 Å². The summed E-state index contributed by atoms with van der Waals surface area (Å²) in [6, 6.07) is 0. The molecule has 0 amide bonds. The lowest BCUT2D eigenvalue weighted by Crippen LogP contribution is -2.32. The van der Waals surface area contributed by atoms with E-state index in [2.05, 4.69) is 24.8 Å². The van der Waals surface area contributed by atoms with Gasteiger partial charge in [0.1, 0.15) is 6.10 Å². The molecule has 0 spiro atoms. The van der Waals surface area contributed by atoms with Crippen LogP contribution in [0.25, 0.3) is 0 Å². The highest BCUT2D eigenvalue weighted by Gasteiger charge is 2.60. The lowest BCUT2D eigenvalue weighted by molar-refractivity contribution is -0.145. The quantitative estimate of drug-likeness (QED) is 0.578. The molecule has 1 heterocycles. The molecule has 21 heavy (non-hydrogen) atoms. The number of hydrogen-bond donors (Lipinski definition) is 0. The monoisotopic (exact) mass is 291 g/mol. The number of esters is 1. The maximum Gasteiger partial charge on any atom is 0.310 e. The maximum atomic E-state index is 12.4. The summed E-state index contributed by atoms with van der Waals surface area (Å²) in [7, 11) is 4.10. The molecule has 3 nitrogen and oxygen atoms in total. The van der Waals surface area contributed by atoms with Crippen LogP contribution in [-0.2, 0) is 9.53 Å². The van der Waals surface area contributed by atoms with Crippen molar-refractivity contribution in [3.63, 3.8) is 0 Å². The lowest BCUT2D eigenvalue weighted by atomic mass is 9.80. The van der Waals surface area contributed by atoms with Gasteiger partial charge in [-0.25, -0.2) is 0 Å². The van der Waals surface area contributed by atoms with Crippen molar-refractivity contribution in [3.8, 4) is 0 Å². The summed E-state index contributed by atoms with van der Waals surface area (Å²) in [6.45, 7) is 5.45. The first-order chi connectivity index (χ1) is 9.90. The average Bonchev–Trinajstić information content (AvgIpc) is 2.97. The minimum absolute atomic E-state index is 0.0498. The van der Waals surface area contributed by atoms with Gasteiger partial charge in [-0.3, -0.25) is 4.79 Å². The summed E-state index contributed by atoms with van der Waals surface area (Å²) in [5, 5.41) is 0. The molecule has 0 aromatic heterocycles. The molecule has 3 rings (SSSR count). The summed E-state index contributed by atoms with van der Waals surface area (Å²) < 4.78 is 5.88. The highest BCUT2D eigenvalue weighted by molar-refractivity contribution is 5.75. The van der Waals surface area contributed by atoms with Crippen molar-refractivity contribution in [2.45, 2.75) is 52.1 Å². The Labute approximate surface area is 128 Å². The van der Waals surface area contributed by atoms with Gasteiger partial charge in [0, 0.05) is 18.4 Å². The zero-order valence-electron chi connectivity index (χ0n) is 13.9. The van der Waals surface area contributed by atoms with Crippen LogP contribution in [0.4, 0.5) is 0 Å². The summed E-state index contributed by atoms with van der Waals surface area (Å²) in [4.78, 5) is 14.5. The standard InChI is InChI=1S/C18H29NO2/c1-12-6-5-9-18(2)10-15(18)16-13(8-7-12)14(11-19(3)4)17(20)21-16/h6,13-16H,5,7-11H2,1-4H3/t13-,14-,15-,16-,18-/m0/s1. The Morgan fingerprint density at radius 1 is 1.43 bits per heavy atom. The molecular formula is C18H29NO2. The Kier molecular flexibility index (Phi) is 3.89. The number of carbonyl (C=O) groups is 1. The van der Waals surface area contributed by atoms with E-state index >= 15 is 0 Å². The third-order valence-electron chi connectivity index (χ3n) is 5.95. The van der Waals surface area contributed by atoms with Gasteiger partial charge in [-0.15, -0.1) is 0 Å². The van der Waals surface area contributed by atoms with Gasteiger partial charge in [-0.05, 0) is 58.5 Å². The molecule has 1 saturated carbocycles. The maximum absolute atomic E-state index is 12.4. The summed E-state index contributed by atoms with van der Waals surface area (Å²) in [6.07, 6.45) is 8.48. The lowest BCUT2D eigenvalue weighted by Gasteiger charge is -2.25. The number of carbonyl (C=O) groups excluding carboxylic acids is 1. The number of rotatable bonds is 2. The molecular weight excluding hydrogens is 262 g/mol. The van der Waals surface area contributed by atoms with Crippen LogP contribution in [-0.4, -0.2) is 37.6 Å². The molecule has 0 unspecified atom stereocenters. The normalized spacial score (nSPS) is 42.9. The first-order valence-corrected chi connectivity index (χ1v) is 8.41. The molecule has 0 N–H and O–H groups in total. The summed E-state index contributed by atoms with van der Waals surface area (Å²) in [5.41, 5.74) is 1.89. The van der Waals surface area contributed by atoms with Crippen molar-refractivity contribution >= 4 is 5.97 Å². The molecule has 2 aliphatic carbocycles. The predicted octanol–water partition coefficient (Wildman–Crippen LogP) is 3.25. The highest BCUT2D eigenvalue weighted by atomic mass is 16.6. The Morgan fingerprint density at radius 2 is 2.19 bits per heavy atom. The van der Waals surface area contributed by atoms with Crippen molar-refractivity contribution in [2.24, 2.45) is 23.2 Å². The predicted molar refractivity (Wildman–Crippen MR) is 83.9 cm³/mol. The van der Waals surface area contributed by atoms with E-state index in [1.54, 1.807) is 0 Å². The largest absolute Gasteiger partial charge is 0.461 e. The third-order valence-corrected chi connectivity index (χ3v) is 5.95. The molecule has 0 bridgehead atoms. The van der Waals surface area contributed by atoms with Crippen LogP contribution < -0.4 is 0 Å². The Hall–Kier alpha value is -0.830. The second-order valence-corrected chi connectivity index (χ2v) is 8.03. The van der Waals surface area contributed by atoms with Gasteiger partial charge >= 0.3 is 5.97 Å². The van der Waals surface area contributed by atoms with E-state index in [0.29, 0.717) is 17.3 Å². The van der Waals surface area contributed by atoms with Crippen LogP contribution in [0.5, 0.6) is 0 Å². The number of hydrogen-bond acceptors (Lipinski definition) is 3. The second-order valence-electron chi connectivity index (χ2n) is 8.03. The van der Waals surface area contributed by atoms with Gasteiger partial charge in [-0.1, -0.05) is 18.6 Å². The van der Waals surface area contributed by atoms with Crippen LogP contribution in [0, 0.1) is 23.2 Å². The second kappa shape index (κ2) is 5.42. The first-order valence-electron chi connectivity index (χ1n) is 8.41. The van der Waals surface area contributed by atoms with Gasteiger partial charge in [0.2, 0.25) is 0 Å². The molecule has 2 fully saturated rings. The Bertz CT molecular complexity index is 456. The molecule has 3 heteroatoms. The van der Waals surface area contributed by atoms with E-state index in [9.17, 15) is 4.79 Å². The van der Waals surface area contributed by atoms with Crippen LogP contribution in [0.2, 0.25) is 0 Å². The van der Waals surface area contributed by atoms with E-state index < -0.39 is 0 Å². The van der Waals surface area contributed by atoms with Crippen LogP contribution in [0.1, 0.15) is 46.0 Å². The zero-order chi connectivity index (χ0) is 15.2. The molecule has 0 aromatic carbocycles. The molecule has 118 valence electrons. The first kappa shape index (κ1) is 15.1. The fraction of sp³-hybridized carbons (Fsp3) is 0.833. The summed E-state index contributed by atoms with van der Waals surface area (Å²) >= 11 is 0. The van der Waals surface area contributed by atoms with Gasteiger partial charge in [0.25, 0.3) is 0 Å². The van der Waals surface area contributed by atoms with Crippen LogP contribution >= 0.6 is 0 Å². The van der Waals surface area contributed by atoms with E-state index in [4.69, 9.17) is 4.74 Å². The van der Waals surface area contributed by atoms with Crippen molar-refractivity contribution < 1.29 is 9.53 Å². The fourth-order valence-electron chi connectivity index (χ4n) is 4.45. The Balaban J connectivity index is 1.83. The SMILES string of the molecule is CC1=CCC[C@@]2(C)C[C@H]2[C@H]2OC(=O)[C@@H](CN(C)C)[C@@H]2CC1. The van der Waals surface area contributed by atoms with Crippen molar-refractivity contribution in [2.75, 3.05) is 20.6 Å². The molecule has 1 aliphatic heterocycles. The minimum Gasteiger partial charge on any atom is -0.461 e. The number of ether oxygens (including phenoxy) is 1. The van der Waals surface area contributed by atoms with Gasteiger partial charge in [0.15, 0.2) is 0 Å². The molecule has 5 atom stereocenters. The van der Waals surface area contributed by atoms with Gasteiger partial charge in [-0.2, -0.15) is 0 Å². The van der Waals surface area contributed by atoms with Crippen LogP contribution in [0.15, 0.2) is 11.6 Å². The van der Waals surface area contributed by atoms with Crippen molar-refractivity contribution in [1.29, 1.82) is 0 Å². The number of allylic oxidation sites excluding steroid dienone is 2. The van der Waals surface area contributed by atoms with E-state index in [1.807, 2.05) is 14.1 Å². The topological polar surface area (TPSA) is 29.5 Å². The molecule has 1 saturated heterocycles.